The summed E-state index contributed by atoms with van der Waals surface area (Å²) < 4.78 is 0. The molecule has 3 nitrogen and oxygen atoms in total. The van der Waals surface area contributed by atoms with Gasteiger partial charge < -0.3 is 5.32 Å². The summed E-state index contributed by atoms with van der Waals surface area (Å²) in [5, 5.41) is 3.21. The maximum atomic E-state index is 12.6. The van der Waals surface area contributed by atoms with Crippen molar-refractivity contribution in [2.75, 3.05) is 6.54 Å². The van der Waals surface area contributed by atoms with Crippen LogP contribution in [0.5, 0.6) is 0 Å². The van der Waals surface area contributed by atoms with E-state index in [1.54, 1.807) is 0 Å². The van der Waals surface area contributed by atoms with Gasteiger partial charge in [0.1, 0.15) is 0 Å². The first-order valence-corrected chi connectivity index (χ1v) is 8.37. The number of hydrogen-bond donors (Lipinski definition) is 1. The largest absolute Gasteiger partial charge is 0.348 e. The summed E-state index contributed by atoms with van der Waals surface area (Å²) in [7, 11) is 0. The van der Waals surface area contributed by atoms with Crippen molar-refractivity contribution in [1.82, 2.24) is 10.2 Å². The van der Waals surface area contributed by atoms with E-state index in [1.807, 2.05) is 18.2 Å². The number of rotatable bonds is 4. The van der Waals surface area contributed by atoms with Gasteiger partial charge in [-0.05, 0) is 44.7 Å². The number of hydrogen-bond acceptors (Lipinski definition) is 2. The Morgan fingerprint density at radius 1 is 1.14 bits per heavy atom. The van der Waals surface area contributed by atoms with Gasteiger partial charge in [0, 0.05) is 6.04 Å². The third-order valence-electron chi connectivity index (χ3n) is 5.05. The zero-order chi connectivity index (χ0) is 14.7. The molecule has 2 atom stereocenters. The van der Waals surface area contributed by atoms with Crippen LogP contribution in [0, 0.1) is 0 Å². The minimum absolute atomic E-state index is 0.0877. The lowest BCUT2D eigenvalue weighted by atomic mass is 10.1. The lowest BCUT2D eigenvalue weighted by Gasteiger charge is -2.30. The third-order valence-corrected chi connectivity index (χ3v) is 5.05. The van der Waals surface area contributed by atoms with Crippen LogP contribution < -0.4 is 5.32 Å². The van der Waals surface area contributed by atoms with E-state index < -0.39 is 0 Å². The predicted molar refractivity (Wildman–Crippen MR) is 85.0 cm³/mol. The van der Waals surface area contributed by atoms with Crippen molar-refractivity contribution >= 4 is 5.91 Å². The zero-order valence-corrected chi connectivity index (χ0v) is 12.9. The van der Waals surface area contributed by atoms with Crippen LogP contribution in [0.3, 0.4) is 0 Å². The average Bonchev–Trinajstić information content (AvgIpc) is 3.18. The molecule has 1 aromatic rings. The Balaban J connectivity index is 1.61. The first kappa shape index (κ1) is 14.6. The molecule has 1 aromatic carbocycles. The molecule has 0 unspecified atom stereocenters. The number of nitrogens with zero attached hydrogens (tertiary/aromatic N) is 1. The Bertz CT molecular complexity index is 467. The van der Waals surface area contributed by atoms with Crippen LogP contribution in [0.25, 0.3) is 0 Å². The van der Waals surface area contributed by atoms with Gasteiger partial charge in [-0.25, -0.2) is 0 Å². The molecular formula is C18H26N2O. The molecule has 1 aliphatic heterocycles. The van der Waals surface area contributed by atoms with E-state index >= 15 is 0 Å². The summed E-state index contributed by atoms with van der Waals surface area (Å²) in [5.41, 5.74) is 1.18. The second-order valence-electron chi connectivity index (χ2n) is 6.48. The normalized spacial score (nSPS) is 25.1. The van der Waals surface area contributed by atoms with E-state index in [0.29, 0.717) is 6.04 Å². The maximum Gasteiger partial charge on any atom is 0.237 e. The van der Waals surface area contributed by atoms with Crippen molar-refractivity contribution in [3.63, 3.8) is 0 Å². The fourth-order valence-corrected chi connectivity index (χ4v) is 3.88. The fraction of sp³-hybridized carbons (Fsp3) is 0.611. The number of likely N-dealkylation sites (tertiary alicyclic amines) is 1. The lowest BCUT2D eigenvalue weighted by molar-refractivity contribution is -0.126. The molecule has 2 aliphatic rings. The smallest absolute Gasteiger partial charge is 0.237 e. The van der Waals surface area contributed by atoms with Gasteiger partial charge in [0.15, 0.2) is 0 Å². The van der Waals surface area contributed by atoms with Crippen LogP contribution >= 0.6 is 0 Å². The standard InChI is InChI=1S/C18H26N2O/c1-14(15-8-3-2-4-9-15)19-18(21)17-12-7-13-20(17)16-10-5-6-11-16/h2-4,8-9,14,16-17H,5-7,10-13H2,1H3,(H,19,21)/t14-,17+/m1/s1. The van der Waals surface area contributed by atoms with Gasteiger partial charge in [-0.1, -0.05) is 43.2 Å². The predicted octanol–water partition coefficient (Wildman–Crippen LogP) is 3.27. The quantitative estimate of drug-likeness (QED) is 0.921. The molecule has 1 aliphatic carbocycles. The van der Waals surface area contributed by atoms with Crippen molar-refractivity contribution in [2.24, 2.45) is 0 Å². The average molecular weight is 286 g/mol. The Hall–Kier alpha value is -1.35. The molecule has 0 bridgehead atoms. The number of carbonyl (C=O) groups is 1. The van der Waals surface area contributed by atoms with E-state index in [2.05, 4.69) is 29.3 Å². The fourth-order valence-electron chi connectivity index (χ4n) is 3.88. The topological polar surface area (TPSA) is 32.3 Å². The van der Waals surface area contributed by atoms with Crippen LogP contribution in [-0.4, -0.2) is 29.4 Å². The van der Waals surface area contributed by atoms with Gasteiger partial charge in [-0.3, -0.25) is 9.69 Å². The molecule has 1 amide bonds. The van der Waals surface area contributed by atoms with E-state index in [9.17, 15) is 4.79 Å². The van der Waals surface area contributed by atoms with Crippen LogP contribution in [0.4, 0.5) is 0 Å². The maximum absolute atomic E-state index is 12.6. The summed E-state index contributed by atoms with van der Waals surface area (Å²) in [6, 6.07) is 11.1. The monoisotopic (exact) mass is 286 g/mol. The number of benzene rings is 1. The summed E-state index contributed by atoms with van der Waals surface area (Å²) in [6.45, 7) is 3.17. The van der Waals surface area contributed by atoms with Gasteiger partial charge in [0.2, 0.25) is 5.91 Å². The number of amides is 1. The molecular weight excluding hydrogens is 260 g/mol. The second kappa shape index (κ2) is 6.61. The molecule has 1 heterocycles. The van der Waals surface area contributed by atoms with Gasteiger partial charge >= 0.3 is 0 Å². The highest BCUT2D eigenvalue weighted by molar-refractivity contribution is 5.82. The lowest BCUT2D eigenvalue weighted by Crippen LogP contribution is -2.47. The molecule has 0 radical (unpaired) electrons. The van der Waals surface area contributed by atoms with E-state index in [0.717, 1.165) is 19.4 Å². The first-order valence-electron chi connectivity index (χ1n) is 8.37. The number of carbonyl (C=O) groups excluding carboxylic acids is 1. The van der Waals surface area contributed by atoms with Crippen LogP contribution in [0.15, 0.2) is 30.3 Å². The highest BCUT2D eigenvalue weighted by atomic mass is 16.2. The molecule has 1 N–H and O–H groups in total. The van der Waals surface area contributed by atoms with Gasteiger partial charge in [0.25, 0.3) is 0 Å². The number of nitrogens with one attached hydrogen (secondary N) is 1. The second-order valence-corrected chi connectivity index (χ2v) is 6.48. The third kappa shape index (κ3) is 3.29. The Morgan fingerprint density at radius 3 is 2.57 bits per heavy atom. The molecule has 0 spiro atoms. The van der Waals surface area contributed by atoms with E-state index in [4.69, 9.17) is 0 Å². The molecule has 0 aromatic heterocycles. The molecule has 2 fully saturated rings. The summed E-state index contributed by atoms with van der Waals surface area (Å²) in [6.07, 6.45) is 7.39. The van der Waals surface area contributed by atoms with Gasteiger partial charge in [-0.15, -0.1) is 0 Å². The Labute approximate surface area is 127 Å². The summed E-state index contributed by atoms with van der Waals surface area (Å²) in [4.78, 5) is 15.1. The first-order chi connectivity index (χ1) is 10.3. The van der Waals surface area contributed by atoms with Crippen molar-refractivity contribution in [2.45, 2.75) is 63.6 Å². The summed E-state index contributed by atoms with van der Waals surface area (Å²) in [5.74, 6) is 0.218. The van der Waals surface area contributed by atoms with Crippen molar-refractivity contribution in [3.05, 3.63) is 35.9 Å². The van der Waals surface area contributed by atoms with Crippen molar-refractivity contribution in [1.29, 1.82) is 0 Å². The van der Waals surface area contributed by atoms with Gasteiger partial charge in [-0.2, -0.15) is 0 Å². The van der Waals surface area contributed by atoms with Crippen LogP contribution in [0.1, 0.15) is 57.1 Å². The van der Waals surface area contributed by atoms with E-state index in [-0.39, 0.29) is 18.0 Å². The molecule has 3 rings (SSSR count). The van der Waals surface area contributed by atoms with Crippen LogP contribution in [-0.2, 0) is 4.79 Å². The highest BCUT2D eigenvalue weighted by Crippen LogP contribution is 2.30. The summed E-state index contributed by atoms with van der Waals surface area (Å²) >= 11 is 0. The molecule has 21 heavy (non-hydrogen) atoms. The molecule has 114 valence electrons. The van der Waals surface area contributed by atoms with Gasteiger partial charge in [0.05, 0.1) is 12.1 Å². The highest BCUT2D eigenvalue weighted by Gasteiger charge is 2.36. The Morgan fingerprint density at radius 2 is 1.86 bits per heavy atom. The molecule has 1 saturated heterocycles. The van der Waals surface area contributed by atoms with Crippen LogP contribution in [0.2, 0.25) is 0 Å². The zero-order valence-electron chi connectivity index (χ0n) is 12.9. The SMILES string of the molecule is C[C@@H](NC(=O)[C@@H]1CCCN1C1CCCC1)c1ccccc1. The Kier molecular flexibility index (Phi) is 4.59. The minimum Gasteiger partial charge on any atom is -0.348 e. The minimum atomic E-state index is 0.0877. The van der Waals surface area contributed by atoms with E-state index in [1.165, 1.54) is 31.2 Å². The van der Waals surface area contributed by atoms with Crippen molar-refractivity contribution in [3.8, 4) is 0 Å². The molecule has 1 saturated carbocycles. The van der Waals surface area contributed by atoms with Crippen molar-refractivity contribution < 1.29 is 4.79 Å². The molecule has 3 heteroatoms.